The average Bonchev–Trinajstić information content (AvgIpc) is 3.04. The molecule has 0 amide bonds. The zero-order valence-electron chi connectivity index (χ0n) is 18.6. The van der Waals surface area contributed by atoms with E-state index in [0.717, 1.165) is 6.67 Å². The van der Waals surface area contributed by atoms with Gasteiger partial charge in [0.2, 0.25) is 0 Å². The van der Waals surface area contributed by atoms with Crippen molar-refractivity contribution in [1.82, 2.24) is 0 Å². The Hall–Kier alpha value is -0.700. The van der Waals surface area contributed by atoms with Crippen LogP contribution in [0.1, 0.15) is 104 Å². The molecule has 0 aliphatic carbocycles. The highest BCUT2D eigenvalue weighted by atomic mass is 79.9. The third-order valence-electron chi connectivity index (χ3n) is 5.97. The molecule has 1 aliphatic rings. The number of anilines is 2. The van der Waals surface area contributed by atoms with Crippen LogP contribution in [0.2, 0.25) is 0 Å². The van der Waals surface area contributed by atoms with E-state index in [1.54, 1.807) is 0 Å². The monoisotopic (exact) mass is 452 g/mol. The topological polar surface area (TPSA) is 6.48 Å². The van der Waals surface area contributed by atoms with Gasteiger partial charge in [0.25, 0.3) is 0 Å². The van der Waals surface area contributed by atoms with E-state index in [0.29, 0.717) is 0 Å². The SMILES string of the molecule is Br.CCCCCCCCCN1CN(CCCCCCCCC)c2ccccc21. The van der Waals surface area contributed by atoms with Crippen molar-refractivity contribution in [3.8, 4) is 0 Å². The lowest BCUT2D eigenvalue weighted by molar-refractivity contribution is 0.575. The van der Waals surface area contributed by atoms with Gasteiger partial charge in [-0.25, -0.2) is 0 Å². The minimum Gasteiger partial charge on any atom is -0.352 e. The van der Waals surface area contributed by atoms with Crippen molar-refractivity contribution < 1.29 is 0 Å². The van der Waals surface area contributed by atoms with Gasteiger partial charge in [-0.3, -0.25) is 0 Å². The highest BCUT2D eigenvalue weighted by Crippen LogP contribution is 2.35. The molecule has 0 fully saturated rings. The van der Waals surface area contributed by atoms with Gasteiger partial charge in [0.1, 0.15) is 0 Å². The molecule has 0 N–H and O–H groups in total. The molecule has 2 rings (SSSR count). The lowest BCUT2D eigenvalue weighted by atomic mass is 10.1. The second-order valence-electron chi connectivity index (χ2n) is 8.40. The molecule has 0 atom stereocenters. The highest BCUT2D eigenvalue weighted by molar-refractivity contribution is 8.93. The Morgan fingerprint density at radius 2 is 0.929 bits per heavy atom. The minimum absolute atomic E-state index is 0. The van der Waals surface area contributed by atoms with Crippen molar-refractivity contribution in [1.29, 1.82) is 0 Å². The van der Waals surface area contributed by atoms with Crippen molar-refractivity contribution in [3.05, 3.63) is 24.3 Å². The number of fused-ring (bicyclic) bond motifs is 1. The Morgan fingerprint density at radius 1 is 0.571 bits per heavy atom. The number of nitrogens with zero attached hydrogens (tertiary/aromatic N) is 2. The standard InChI is InChI=1S/C25H44N2.BrH/c1-3-5-7-9-11-13-17-21-26-23-27(25-20-16-15-19-24(25)26)22-18-14-12-10-8-6-4-2;/h15-16,19-20H,3-14,17-18,21-23H2,1-2H3;1H. The predicted octanol–water partition coefficient (Wildman–Crippen LogP) is 8.35. The average molecular weight is 454 g/mol. The molecule has 1 aromatic carbocycles. The van der Waals surface area contributed by atoms with E-state index >= 15 is 0 Å². The maximum Gasteiger partial charge on any atom is 0.0904 e. The fourth-order valence-electron chi connectivity index (χ4n) is 4.26. The number of halogens is 1. The van der Waals surface area contributed by atoms with Crippen molar-refractivity contribution >= 4 is 28.4 Å². The predicted molar refractivity (Wildman–Crippen MR) is 132 cm³/mol. The maximum atomic E-state index is 2.61. The summed E-state index contributed by atoms with van der Waals surface area (Å²) < 4.78 is 0. The van der Waals surface area contributed by atoms with Crippen molar-refractivity contribution in [2.75, 3.05) is 29.6 Å². The Morgan fingerprint density at radius 3 is 1.32 bits per heavy atom. The van der Waals surface area contributed by atoms with E-state index in [-0.39, 0.29) is 17.0 Å². The van der Waals surface area contributed by atoms with Gasteiger partial charge in [-0.1, -0.05) is 103 Å². The zero-order chi connectivity index (χ0) is 19.2. The molecule has 0 bridgehead atoms. The number of hydrogen-bond acceptors (Lipinski definition) is 2. The van der Waals surface area contributed by atoms with Crippen molar-refractivity contribution in [2.45, 2.75) is 104 Å². The molecule has 162 valence electrons. The minimum atomic E-state index is 0. The largest absolute Gasteiger partial charge is 0.352 e. The van der Waals surface area contributed by atoms with Crippen LogP contribution in [-0.2, 0) is 0 Å². The maximum absolute atomic E-state index is 2.61. The fraction of sp³-hybridized carbons (Fsp3) is 0.760. The third kappa shape index (κ3) is 9.20. The summed E-state index contributed by atoms with van der Waals surface area (Å²) in [4.78, 5) is 5.23. The smallest absolute Gasteiger partial charge is 0.0904 e. The molecule has 1 aromatic rings. The first-order valence-electron chi connectivity index (χ1n) is 12.0. The molecular formula is C25H45BrN2. The van der Waals surface area contributed by atoms with Crippen LogP contribution in [0.4, 0.5) is 11.4 Å². The molecule has 1 heterocycles. The quantitative estimate of drug-likeness (QED) is 0.232. The lowest BCUT2D eigenvalue weighted by Crippen LogP contribution is -2.32. The van der Waals surface area contributed by atoms with E-state index < -0.39 is 0 Å². The summed E-state index contributed by atoms with van der Waals surface area (Å²) in [5, 5.41) is 0. The van der Waals surface area contributed by atoms with Crippen LogP contribution in [0.25, 0.3) is 0 Å². The Kier molecular flexibility index (Phi) is 14.6. The van der Waals surface area contributed by atoms with Gasteiger partial charge >= 0.3 is 0 Å². The number of hydrogen-bond donors (Lipinski definition) is 0. The summed E-state index contributed by atoms with van der Waals surface area (Å²) in [6, 6.07) is 9.05. The normalized spacial score (nSPS) is 12.9. The zero-order valence-corrected chi connectivity index (χ0v) is 20.3. The Labute approximate surface area is 185 Å². The van der Waals surface area contributed by atoms with Crippen molar-refractivity contribution in [3.63, 3.8) is 0 Å². The van der Waals surface area contributed by atoms with Gasteiger partial charge in [-0.2, -0.15) is 0 Å². The summed E-state index contributed by atoms with van der Waals surface area (Å²) in [5.74, 6) is 0. The number of benzene rings is 1. The second kappa shape index (κ2) is 16.1. The van der Waals surface area contributed by atoms with E-state index in [4.69, 9.17) is 0 Å². The molecule has 0 aromatic heterocycles. The van der Waals surface area contributed by atoms with Crippen LogP contribution in [0.15, 0.2) is 24.3 Å². The molecule has 3 heteroatoms. The van der Waals surface area contributed by atoms with E-state index in [1.807, 2.05) is 0 Å². The number of rotatable bonds is 16. The fourth-order valence-corrected chi connectivity index (χ4v) is 4.26. The molecule has 28 heavy (non-hydrogen) atoms. The van der Waals surface area contributed by atoms with Gasteiger partial charge in [0, 0.05) is 13.1 Å². The molecule has 0 radical (unpaired) electrons. The van der Waals surface area contributed by atoms with E-state index in [2.05, 4.69) is 47.9 Å². The molecular weight excluding hydrogens is 408 g/mol. The Balaban J connectivity index is 0.00000392. The first kappa shape index (κ1) is 25.3. The molecule has 1 aliphatic heterocycles. The third-order valence-corrected chi connectivity index (χ3v) is 5.97. The summed E-state index contributed by atoms with van der Waals surface area (Å²) in [6.07, 6.45) is 19.5. The van der Waals surface area contributed by atoms with Crippen LogP contribution in [0.5, 0.6) is 0 Å². The van der Waals surface area contributed by atoms with Gasteiger partial charge in [-0.15, -0.1) is 17.0 Å². The molecule has 0 saturated carbocycles. The molecule has 0 unspecified atom stereocenters. The van der Waals surface area contributed by atoms with Gasteiger partial charge in [0.05, 0.1) is 18.0 Å². The Bertz CT molecular complexity index is 448. The summed E-state index contributed by atoms with van der Waals surface area (Å²) in [7, 11) is 0. The van der Waals surface area contributed by atoms with Gasteiger partial charge < -0.3 is 9.80 Å². The summed E-state index contributed by atoms with van der Waals surface area (Å²) in [6.45, 7) is 8.13. The number of unbranched alkanes of at least 4 members (excludes halogenated alkanes) is 12. The van der Waals surface area contributed by atoms with Crippen LogP contribution >= 0.6 is 17.0 Å². The van der Waals surface area contributed by atoms with Crippen LogP contribution in [0, 0.1) is 0 Å². The highest BCUT2D eigenvalue weighted by Gasteiger charge is 2.24. The van der Waals surface area contributed by atoms with Crippen LogP contribution in [-0.4, -0.2) is 19.8 Å². The molecule has 0 saturated heterocycles. The lowest BCUT2D eigenvalue weighted by Gasteiger charge is -2.22. The van der Waals surface area contributed by atoms with Crippen LogP contribution < -0.4 is 9.80 Å². The van der Waals surface area contributed by atoms with Gasteiger partial charge in [0.15, 0.2) is 0 Å². The number of para-hydroxylation sites is 2. The van der Waals surface area contributed by atoms with Gasteiger partial charge in [-0.05, 0) is 25.0 Å². The van der Waals surface area contributed by atoms with Crippen LogP contribution in [0.3, 0.4) is 0 Å². The molecule has 2 nitrogen and oxygen atoms in total. The van der Waals surface area contributed by atoms with E-state index in [1.165, 1.54) is 114 Å². The first-order valence-corrected chi connectivity index (χ1v) is 12.0. The summed E-state index contributed by atoms with van der Waals surface area (Å²) in [5.41, 5.74) is 2.93. The molecule has 0 spiro atoms. The second-order valence-corrected chi connectivity index (χ2v) is 8.40. The summed E-state index contributed by atoms with van der Waals surface area (Å²) >= 11 is 0. The van der Waals surface area contributed by atoms with Crippen molar-refractivity contribution in [2.24, 2.45) is 0 Å². The van der Waals surface area contributed by atoms with E-state index in [9.17, 15) is 0 Å². The first-order chi connectivity index (χ1) is 13.4.